The molecule has 2 aromatic carbocycles. The fourth-order valence-electron chi connectivity index (χ4n) is 3.04. The Labute approximate surface area is 176 Å². The molecule has 5 nitrogen and oxygen atoms in total. The summed E-state index contributed by atoms with van der Waals surface area (Å²) in [5.74, 6) is -0.176. The van der Waals surface area contributed by atoms with Gasteiger partial charge in [-0.3, -0.25) is 10.1 Å². The largest absolute Gasteiger partial charge is 0.378 e. The number of amides is 1. The second-order valence-corrected chi connectivity index (χ2v) is 7.62. The number of nitrogens with zero attached hydrogens (tertiary/aromatic N) is 3. The van der Waals surface area contributed by atoms with E-state index in [4.69, 9.17) is 24.4 Å². The molecule has 146 valence electrons. The van der Waals surface area contributed by atoms with Crippen LogP contribution in [0.5, 0.6) is 0 Å². The summed E-state index contributed by atoms with van der Waals surface area (Å²) in [5.41, 5.74) is 2.80. The maximum absolute atomic E-state index is 12.3. The van der Waals surface area contributed by atoms with Gasteiger partial charge in [0.2, 0.25) is 0 Å². The second kappa shape index (κ2) is 9.12. The van der Waals surface area contributed by atoms with Crippen molar-refractivity contribution in [2.24, 2.45) is 0 Å². The molecule has 1 saturated heterocycles. The third-order valence-electron chi connectivity index (χ3n) is 4.74. The Hall–Kier alpha value is -2.51. The molecule has 1 N–H and O–H groups in total. The first-order valence-corrected chi connectivity index (χ1v) is 9.99. The van der Waals surface area contributed by atoms with Gasteiger partial charge in [0.1, 0.15) is 4.99 Å². The summed E-state index contributed by atoms with van der Waals surface area (Å²) >= 11 is 11.1. The molecule has 1 heterocycles. The van der Waals surface area contributed by atoms with Crippen LogP contribution in [-0.4, -0.2) is 66.1 Å². The number of anilines is 1. The molecule has 0 aliphatic carbocycles. The van der Waals surface area contributed by atoms with Crippen LogP contribution in [0.1, 0.15) is 15.9 Å². The van der Waals surface area contributed by atoms with E-state index in [9.17, 15) is 4.79 Å². The minimum atomic E-state index is -0.176. The van der Waals surface area contributed by atoms with Gasteiger partial charge in [-0.25, -0.2) is 0 Å². The van der Waals surface area contributed by atoms with Crippen molar-refractivity contribution in [2.45, 2.75) is 0 Å². The number of carbonyl (C=O) groups is 1. The van der Waals surface area contributed by atoms with Gasteiger partial charge in [-0.1, -0.05) is 30.4 Å². The molecule has 1 amide bonds. The standard InChI is InChI=1S/C21H24N4OS2/c1-23(2)18-10-8-17(9-11-18)20(27)24-12-14-25(15-13-24)21(28)22-19(26)16-6-4-3-5-7-16/h3-11H,12-15H2,1-2H3,(H,22,26,28). The van der Waals surface area contributed by atoms with E-state index in [2.05, 4.69) is 39.4 Å². The summed E-state index contributed by atoms with van der Waals surface area (Å²) in [4.78, 5) is 19.4. The van der Waals surface area contributed by atoms with Gasteiger partial charge in [-0.05, 0) is 48.6 Å². The van der Waals surface area contributed by atoms with Crippen LogP contribution in [0.25, 0.3) is 0 Å². The van der Waals surface area contributed by atoms with Gasteiger partial charge in [-0.2, -0.15) is 0 Å². The number of hydrogen-bond acceptors (Lipinski definition) is 4. The average Bonchev–Trinajstić information content (AvgIpc) is 2.74. The highest BCUT2D eigenvalue weighted by Gasteiger charge is 2.22. The van der Waals surface area contributed by atoms with Gasteiger partial charge in [0, 0.05) is 57.1 Å². The second-order valence-electron chi connectivity index (χ2n) is 6.85. The van der Waals surface area contributed by atoms with Gasteiger partial charge >= 0.3 is 0 Å². The van der Waals surface area contributed by atoms with E-state index >= 15 is 0 Å². The summed E-state index contributed by atoms with van der Waals surface area (Å²) in [5, 5.41) is 3.29. The molecule has 0 bridgehead atoms. The van der Waals surface area contributed by atoms with Crippen LogP contribution in [0.4, 0.5) is 5.69 Å². The van der Waals surface area contributed by atoms with Crippen LogP contribution in [0.3, 0.4) is 0 Å². The van der Waals surface area contributed by atoms with Crippen molar-refractivity contribution in [3.8, 4) is 0 Å². The van der Waals surface area contributed by atoms with E-state index in [-0.39, 0.29) is 5.91 Å². The van der Waals surface area contributed by atoms with Gasteiger partial charge < -0.3 is 14.7 Å². The smallest absolute Gasteiger partial charge is 0.257 e. The molecule has 0 aromatic heterocycles. The highest BCUT2D eigenvalue weighted by atomic mass is 32.1. The Balaban J connectivity index is 1.53. The minimum Gasteiger partial charge on any atom is -0.378 e. The third-order valence-corrected chi connectivity index (χ3v) is 5.60. The number of thiocarbonyl (C=S) groups is 2. The third kappa shape index (κ3) is 4.85. The Morgan fingerprint density at radius 3 is 2.00 bits per heavy atom. The Morgan fingerprint density at radius 1 is 0.857 bits per heavy atom. The van der Waals surface area contributed by atoms with Crippen molar-refractivity contribution in [3.63, 3.8) is 0 Å². The highest BCUT2D eigenvalue weighted by Crippen LogP contribution is 2.16. The summed E-state index contributed by atoms with van der Waals surface area (Å²) in [6.07, 6.45) is 0. The first-order valence-electron chi connectivity index (χ1n) is 9.17. The van der Waals surface area contributed by atoms with Crippen molar-refractivity contribution < 1.29 is 4.79 Å². The van der Waals surface area contributed by atoms with Crippen LogP contribution in [-0.2, 0) is 0 Å². The van der Waals surface area contributed by atoms with Gasteiger partial charge in [0.15, 0.2) is 5.11 Å². The average molecular weight is 413 g/mol. The van der Waals surface area contributed by atoms with Gasteiger partial charge in [0.25, 0.3) is 5.91 Å². The number of rotatable bonds is 3. The van der Waals surface area contributed by atoms with Crippen molar-refractivity contribution in [1.82, 2.24) is 15.1 Å². The van der Waals surface area contributed by atoms with E-state index in [1.807, 2.05) is 37.2 Å². The fourth-order valence-corrected chi connectivity index (χ4v) is 3.63. The molecule has 0 unspecified atom stereocenters. The van der Waals surface area contributed by atoms with Crippen LogP contribution in [0.2, 0.25) is 0 Å². The fraction of sp³-hybridized carbons (Fsp3) is 0.286. The number of piperazine rings is 1. The zero-order valence-electron chi connectivity index (χ0n) is 16.1. The lowest BCUT2D eigenvalue weighted by molar-refractivity contribution is 0.0971. The van der Waals surface area contributed by atoms with E-state index < -0.39 is 0 Å². The SMILES string of the molecule is CN(C)c1ccc(C(=S)N2CCN(C(=S)NC(=O)c3ccccc3)CC2)cc1. The maximum Gasteiger partial charge on any atom is 0.257 e. The lowest BCUT2D eigenvalue weighted by atomic mass is 10.1. The molecule has 1 aliphatic heterocycles. The topological polar surface area (TPSA) is 38.8 Å². The number of hydrogen-bond donors (Lipinski definition) is 1. The van der Waals surface area contributed by atoms with Crippen LogP contribution < -0.4 is 10.2 Å². The number of carbonyl (C=O) groups excluding carboxylic acids is 1. The highest BCUT2D eigenvalue weighted by molar-refractivity contribution is 7.80. The zero-order chi connectivity index (χ0) is 20.1. The number of benzene rings is 2. The summed E-state index contributed by atoms with van der Waals surface area (Å²) in [6.45, 7) is 3.00. The molecule has 28 heavy (non-hydrogen) atoms. The van der Waals surface area contributed by atoms with Crippen LogP contribution in [0, 0.1) is 0 Å². The van der Waals surface area contributed by atoms with E-state index in [0.717, 1.165) is 42.4 Å². The van der Waals surface area contributed by atoms with E-state index in [0.29, 0.717) is 10.7 Å². The van der Waals surface area contributed by atoms with Crippen molar-refractivity contribution in [1.29, 1.82) is 0 Å². The zero-order valence-corrected chi connectivity index (χ0v) is 17.7. The molecule has 1 aliphatic rings. The minimum absolute atomic E-state index is 0.176. The van der Waals surface area contributed by atoms with E-state index in [1.54, 1.807) is 12.1 Å². The molecule has 2 aromatic rings. The van der Waals surface area contributed by atoms with Gasteiger partial charge in [0.05, 0.1) is 0 Å². The summed E-state index contributed by atoms with van der Waals surface area (Å²) < 4.78 is 0. The molecule has 0 saturated carbocycles. The first-order chi connectivity index (χ1) is 13.5. The molecule has 3 rings (SSSR count). The molecule has 1 fully saturated rings. The molecular weight excluding hydrogens is 388 g/mol. The first kappa shape index (κ1) is 20.2. The van der Waals surface area contributed by atoms with Crippen LogP contribution in [0.15, 0.2) is 54.6 Å². The van der Waals surface area contributed by atoms with Crippen molar-refractivity contribution in [2.75, 3.05) is 45.2 Å². The quantitative estimate of drug-likeness (QED) is 0.782. The summed E-state index contributed by atoms with van der Waals surface area (Å²) in [7, 11) is 4.04. The predicted molar refractivity (Wildman–Crippen MR) is 122 cm³/mol. The van der Waals surface area contributed by atoms with E-state index in [1.165, 1.54) is 0 Å². The van der Waals surface area contributed by atoms with Crippen molar-refractivity contribution in [3.05, 3.63) is 65.7 Å². The Morgan fingerprint density at radius 2 is 1.43 bits per heavy atom. The van der Waals surface area contributed by atoms with Crippen LogP contribution >= 0.6 is 24.4 Å². The lowest BCUT2D eigenvalue weighted by Crippen LogP contribution is -2.53. The van der Waals surface area contributed by atoms with Crippen molar-refractivity contribution >= 4 is 46.1 Å². The number of nitrogens with one attached hydrogen (secondary N) is 1. The molecular formula is C21H24N4OS2. The molecule has 7 heteroatoms. The maximum atomic E-state index is 12.3. The molecule has 0 radical (unpaired) electrons. The normalized spacial score (nSPS) is 13.8. The molecule has 0 spiro atoms. The molecule has 0 atom stereocenters. The Bertz CT molecular complexity index is 844. The monoisotopic (exact) mass is 412 g/mol. The summed E-state index contributed by atoms with van der Waals surface area (Å²) in [6, 6.07) is 17.4. The predicted octanol–water partition coefficient (Wildman–Crippen LogP) is 2.76. The lowest BCUT2D eigenvalue weighted by Gasteiger charge is -2.37. The Kier molecular flexibility index (Phi) is 6.59. The van der Waals surface area contributed by atoms with Gasteiger partial charge in [-0.15, -0.1) is 0 Å².